The predicted octanol–water partition coefficient (Wildman–Crippen LogP) is 4.87. The molecule has 0 amide bonds. The molecule has 2 aromatic carbocycles. The summed E-state index contributed by atoms with van der Waals surface area (Å²) in [7, 11) is 0. The molecule has 2 aromatic rings. The molecule has 140 valence electrons. The molecule has 7 heteroatoms. The number of amidine groups is 1. The van der Waals surface area contributed by atoms with Crippen LogP contribution >= 0.6 is 0 Å². The Morgan fingerprint density at radius 3 is 2.07 bits per heavy atom. The van der Waals surface area contributed by atoms with Gasteiger partial charge in [0.15, 0.2) is 23.3 Å². The van der Waals surface area contributed by atoms with Gasteiger partial charge in [-0.15, -0.1) is 0 Å². The molecule has 0 radical (unpaired) electrons. The summed E-state index contributed by atoms with van der Waals surface area (Å²) in [6, 6.07) is 10.3. The summed E-state index contributed by atoms with van der Waals surface area (Å²) in [6.45, 7) is 1.30. The van der Waals surface area contributed by atoms with Gasteiger partial charge in [-0.05, 0) is 24.8 Å². The largest absolute Gasteiger partial charge is 0.360 e. The standard InChI is InChI=1S/C20H17F4N3/c21-16-14(12-25)17(22)19(24)20(18(16)23)26-15(27-9-5-2-6-10-27)11-13-7-3-1-4-8-13/h1,3-4,7-8H,2,5-6,9-11H2. The highest BCUT2D eigenvalue weighted by Gasteiger charge is 2.26. The number of piperidine rings is 1. The fourth-order valence-electron chi connectivity index (χ4n) is 3.10. The van der Waals surface area contributed by atoms with E-state index in [1.54, 1.807) is 0 Å². The van der Waals surface area contributed by atoms with E-state index in [1.165, 1.54) is 0 Å². The fourth-order valence-corrected chi connectivity index (χ4v) is 3.10. The summed E-state index contributed by atoms with van der Waals surface area (Å²) in [4.78, 5) is 5.86. The van der Waals surface area contributed by atoms with Crippen molar-refractivity contribution < 1.29 is 17.6 Å². The minimum absolute atomic E-state index is 0.267. The summed E-state index contributed by atoms with van der Waals surface area (Å²) in [5.41, 5.74) is -1.47. The van der Waals surface area contributed by atoms with Crippen molar-refractivity contribution >= 4 is 11.5 Å². The van der Waals surface area contributed by atoms with Gasteiger partial charge in [0.05, 0.1) is 0 Å². The Labute approximate surface area is 154 Å². The second-order valence-electron chi connectivity index (χ2n) is 6.33. The van der Waals surface area contributed by atoms with Crippen LogP contribution in [-0.2, 0) is 6.42 Å². The molecular formula is C20H17F4N3. The summed E-state index contributed by atoms with van der Waals surface area (Å²) < 4.78 is 56.5. The lowest BCUT2D eigenvalue weighted by Crippen LogP contribution is -2.36. The lowest BCUT2D eigenvalue weighted by molar-refractivity contribution is 0.337. The Morgan fingerprint density at radius 1 is 0.926 bits per heavy atom. The first kappa shape index (κ1) is 18.9. The van der Waals surface area contributed by atoms with E-state index >= 15 is 0 Å². The molecule has 0 bridgehead atoms. The molecule has 0 N–H and O–H groups in total. The molecule has 0 saturated carbocycles. The van der Waals surface area contributed by atoms with Gasteiger partial charge in [-0.1, -0.05) is 30.3 Å². The number of hydrogen-bond donors (Lipinski definition) is 0. The molecule has 0 spiro atoms. The lowest BCUT2D eigenvalue weighted by Gasteiger charge is -2.30. The van der Waals surface area contributed by atoms with Crippen molar-refractivity contribution in [2.75, 3.05) is 13.1 Å². The zero-order chi connectivity index (χ0) is 19.4. The number of aliphatic imine (C=N–C) groups is 1. The van der Waals surface area contributed by atoms with Crippen LogP contribution in [0.4, 0.5) is 23.2 Å². The van der Waals surface area contributed by atoms with Crippen LogP contribution in [0.3, 0.4) is 0 Å². The van der Waals surface area contributed by atoms with E-state index in [0.717, 1.165) is 30.9 Å². The molecule has 0 aliphatic carbocycles. The molecule has 1 aliphatic rings. The summed E-state index contributed by atoms with van der Waals surface area (Å²) >= 11 is 0. The van der Waals surface area contributed by atoms with Crippen LogP contribution < -0.4 is 0 Å². The van der Waals surface area contributed by atoms with Crippen molar-refractivity contribution in [1.82, 2.24) is 4.90 Å². The highest BCUT2D eigenvalue weighted by atomic mass is 19.2. The van der Waals surface area contributed by atoms with E-state index in [4.69, 9.17) is 5.26 Å². The minimum atomic E-state index is -1.73. The maximum atomic E-state index is 14.3. The van der Waals surface area contributed by atoms with Crippen LogP contribution in [0.25, 0.3) is 0 Å². The number of likely N-dealkylation sites (tertiary alicyclic amines) is 1. The fraction of sp³-hybridized carbons (Fsp3) is 0.300. The van der Waals surface area contributed by atoms with Crippen molar-refractivity contribution in [3.63, 3.8) is 0 Å². The normalized spacial score (nSPS) is 14.9. The van der Waals surface area contributed by atoms with Crippen molar-refractivity contribution in [2.24, 2.45) is 4.99 Å². The highest BCUT2D eigenvalue weighted by molar-refractivity contribution is 5.87. The molecular weight excluding hydrogens is 358 g/mol. The van der Waals surface area contributed by atoms with Crippen LogP contribution in [0.1, 0.15) is 30.4 Å². The Bertz CT molecular complexity index is 869. The maximum Gasteiger partial charge on any atom is 0.189 e. The van der Waals surface area contributed by atoms with Gasteiger partial charge in [0, 0.05) is 19.5 Å². The molecule has 0 aromatic heterocycles. The van der Waals surface area contributed by atoms with Crippen molar-refractivity contribution in [3.8, 4) is 6.07 Å². The van der Waals surface area contributed by atoms with Gasteiger partial charge in [-0.3, -0.25) is 0 Å². The average molecular weight is 375 g/mol. The molecule has 1 saturated heterocycles. The molecule has 27 heavy (non-hydrogen) atoms. The van der Waals surface area contributed by atoms with E-state index in [-0.39, 0.29) is 6.42 Å². The van der Waals surface area contributed by atoms with E-state index in [2.05, 4.69) is 4.99 Å². The minimum Gasteiger partial charge on any atom is -0.360 e. The molecule has 0 atom stereocenters. The first-order valence-corrected chi connectivity index (χ1v) is 8.65. The average Bonchev–Trinajstić information content (AvgIpc) is 2.71. The van der Waals surface area contributed by atoms with Gasteiger partial charge < -0.3 is 4.90 Å². The SMILES string of the molecule is N#Cc1c(F)c(F)c(N=C(Cc2ccccc2)N2CCCCC2)c(F)c1F. The maximum absolute atomic E-state index is 14.3. The first-order valence-electron chi connectivity index (χ1n) is 8.65. The Balaban J connectivity index is 2.09. The molecule has 0 unspecified atom stereocenters. The Kier molecular flexibility index (Phi) is 5.75. The van der Waals surface area contributed by atoms with Crippen LogP contribution in [0.2, 0.25) is 0 Å². The molecule has 3 rings (SSSR count). The van der Waals surface area contributed by atoms with E-state index in [9.17, 15) is 17.6 Å². The molecule has 3 nitrogen and oxygen atoms in total. The van der Waals surface area contributed by atoms with Gasteiger partial charge in [0.2, 0.25) is 0 Å². The number of hydrogen-bond acceptors (Lipinski definition) is 2. The first-order chi connectivity index (χ1) is 13.0. The Morgan fingerprint density at radius 2 is 1.52 bits per heavy atom. The van der Waals surface area contributed by atoms with Gasteiger partial charge in [0.1, 0.15) is 23.2 Å². The third-order valence-corrected chi connectivity index (χ3v) is 4.52. The van der Waals surface area contributed by atoms with Crippen molar-refractivity contribution in [2.45, 2.75) is 25.7 Å². The van der Waals surface area contributed by atoms with Crippen LogP contribution in [0.5, 0.6) is 0 Å². The van der Waals surface area contributed by atoms with Gasteiger partial charge in [-0.2, -0.15) is 5.26 Å². The van der Waals surface area contributed by atoms with E-state index in [1.807, 2.05) is 35.2 Å². The van der Waals surface area contributed by atoms with E-state index < -0.39 is 34.5 Å². The third-order valence-electron chi connectivity index (χ3n) is 4.52. The number of nitriles is 1. The zero-order valence-electron chi connectivity index (χ0n) is 14.5. The summed E-state index contributed by atoms with van der Waals surface area (Å²) in [6.07, 6.45) is 3.10. The number of rotatable bonds is 3. The van der Waals surface area contributed by atoms with Gasteiger partial charge in [-0.25, -0.2) is 22.6 Å². The smallest absolute Gasteiger partial charge is 0.189 e. The number of halogens is 4. The third kappa shape index (κ3) is 3.95. The number of nitrogens with zero attached hydrogens (tertiary/aromatic N) is 3. The second-order valence-corrected chi connectivity index (χ2v) is 6.33. The predicted molar refractivity (Wildman–Crippen MR) is 93.7 cm³/mol. The van der Waals surface area contributed by atoms with Crippen LogP contribution in [0.15, 0.2) is 35.3 Å². The van der Waals surface area contributed by atoms with Gasteiger partial charge >= 0.3 is 0 Å². The molecule has 1 fully saturated rings. The van der Waals surface area contributed by atoms with Crippen molar-refractivity contribution in [3.05, 3.63) is 64.7 Å². The summed E-state index contributed by atoms with van der Waals surface area (Å²) in [5.74, 6) is -6.44. The van der Waals surface area contributed by atoms with Crippen LogP contribution in [0, 0.1) is 34.6 Å². The Hall–Kier alpha value is -2.88. The summed E-state index contributed by atoms with van der Waals surface area (Å²) in [5, 5.41) is 8.71. The highest BCUT2D eigenvalue weighted by Crippen LogP contribution is 2.31. The van der Waals surface area contributed by atoms with E-state index in [0.29, 0.717) is 18.9 Å². The van der Waals surface area contributed by atoms with Crippen molar-refractivity contribution in [1.29, 1.82) is 5.26 Å². The van der Waals surface area contributed by atoms with Gasteiger partial charge in [0.25, 0.3) is 0 Å². The molecule has 1 heterocycles. The monoisotopic (exact) mass is 375 g/mol. The lowest BCUT2D eigenvalue weighted by atomic mass is 10.1. The zero-order valence-corrected chi connectivity index (χ0v) is 14.5. The second kappa shape index (κ2) is 8.21. The quantitative estimate of drug-likeness (QED) is 0.332. The molecule has 1 aliphatic heterocycles. The topological polar surface area (TPSA) is 39.4 Å². The number of benzene rings is 2. The van der Waals surface area contributed by atoms with Crippen LogP contribution in [-0.4, -0.2) is 23.8 Å².